The Balaban J connectivity index is 2.63. The van der Waals surface area contributed by atoms with Crippen LogP contribution in [0.3, 0.4) is 0 Å². The highest BCUT2D eigenvalue weighted by atomic mass is 16.6. The van der Waals surface area contributed by atoms with E-state index >= 15 is 0 Å². The van der Waals surface area contributed by atoms with Gasteiger partial charge >= 0.3 is 5.97 Å². The second kappa shape index (κ2) is 2.23. The topological polar surface area (TPSA) is 46.5 Å². The summed E-state index contributed by atoms with van der Waals surface area (Å²) in [6, 6.07) is 0. The molecule has 0 aliphatic carbocycles. The zero-order chi connectivity index (χ0) is 7.78. The number of esters is 1. The molecule has 1 saturated heterocycles. The average Bonchev–Trinajstić information content (AvgIpc) is 1.78. The van der Waals surface area contributed by atoms with Crippen molar-refractivity contribution in [3.63, 3.8) is 0 Å². The third kappa shape index (κ3) is 1.29. The molecule has 0 aromatic rings. The van der Waals surface area contributed by atoms with Gasteiger partial charge in [-0.15, -0.1) is 0 Å². The molecule has 0 aromatic heterocycles. The molecule has 1 atom stereocenters. The van der Waals surface area contributed by atoms with Gasteiger partial charge in [-0.05, 0) is 20.3 Å². The lowest BCUT2D eigenvalue weighted by Gasteiger charge is -2.34. The molecule has 3 heteroatoms. The smallest absolute Gasteiger partial charge is 0.306 e. The molecule has 3 nitrogen and oxygen atoms in total. The van der Waals surface area contributed by atoms with Gasteiger partial charge in [0, 0.05) is 6.42 Å². The lowest BCUT2D eigenvalue weighted by atomic mass is 9.94. The predicted octanol–water partition coefficient (Wildman–Crippen LogP) is 0.463. The van der Waals surface area contributed by atoms with Gasteiger partial charge in [0.05, 0.1) is 6.10 Å². The molecule has 1 unspecified atom stereocenters. The molecule has 1 fully saturated rings. The number of ether oxygens (including phenoxy) is 1. The van der Waals surface area contributed by atoms with Crippen molar-refractivity contribution in [3.05, 3.63) is 0 Å². The summed E-state index contributed by atoms with van der Waals surface area (Å²) in [6.45, 7) is 3.43. The fourth-order valence-corrected chi connectivity index (χ4v) is 1.01. The van der Waals surface area contributed by atoms with E-state index < -0.39 is 11.7 Å². The van der Waals surface area contributed by atoms with Gasteiger partial charge in [0.15, 0.2) is 0 Å². The molecule has 1 heterocycles. The molecular weight excluding hydrogens is 132 g/mol. The van der Waals surface area contributed by atoms with Crippen LogP contribution in [0.5, 0.6) is 0 Å². The molecule has 0 saturated carbocycles. The maximum absolute atomic E-state index is 10.7. The van der Waals surface area contributed by atoms with Crippen molar-refractivity contribution in [3.8, 4) is 0 Å². The van der Waals surface area contributed by atoms with E-state index in [4.69, 9.17) is 4.74 Å². The van der Waals surface area contributed by atoms with Gasteiger partial charge in [0.2, 0.25) is 0 Å². The third-order valence-corrected chi connectivity index (χ3v) is 1.80. The van der Waals surface area contributed by atoms with E-state index in [9.17, 15) is 9.90 Å². The van der Waals surface area contributed by atoms with Gasteiger partial charge in [-0.1, -0.05) is 0 Å². The van der Waals surface area contributed by atoms with E-state index in [0.717, 1.165) is 0 Å². The number of carbonyl (C=O) groups excluding carboxylic acids is 1. The molecule has 0 radical (unpaired) electrons. The van der Waals surface area contributed by atoms with Crippen LogP contribution in [-0.4, -0.2) is 22.8 Å². The molecule has 1 rings (SSSR count). The van der Waals surface area contributed by atoms with Crippen LogP contribution in [0.4, 0.5) is 0 Å². The van der Waals surface area contributed by atoms with Crippen LogP contribution in [-0.2, 0) is 9.53 Å². The van der Waals surface area contributed by atoms with Gasteiger partial charge in [-0.25, -0.2) is 0 Å². The van der Waals surface area contributed by atoms with E-state index in [1.165, 1.54) is 0 Å². The average molecular weight is 144 g/mol. The largest absolute Gasteiger partial charge is 0.457 e. The van der Waals surface area contributed by atoms with Crippen LogP contribution in [0.1, 0.15) is 26.7 Å². The summed E-state index contributed by atoms with van der Waals surface area (Å²) in [6.07, 6.45) is 0.348. The van der Waals surface area contributed by atoms with Crippen molar-refractivity contribution in [2.45, 2.75) is 38.4 Å². The van der Waals surface area contributed by atoms with E-state index in [0.29, 0.717) is 12.8 Å². The van der Waals surface area contributed by atoms with Crippen molar-refractivity contribution >= 4 is 5.97 Å². The Morgan fingerprint density at radius 1 is 1.70 bits per heavy atom. The van der Waals surface area contributed by atoms with E-state index in [1.807, 2.05) is 0 Å². The minimum absolute atomic E-state index is 0.213. The Morgan fingerprint density at radius 3 is 2.70 bits per heavy atom. The molecule has 0 spiro atoms. The highest BCUT2D eigenvalue weighted by molar-refractivity contribution is 5.70. The zero-order valence-electron chi connectivity index (χ0n) is 6.26. The van der Waals surface area contributed by atoms with Crippen LogP contribution in [0.2, 0.25) is 0 Å². The maximum Gasteiger partial charge on any atom is 0.306 e. The van der Waals surface area contributed by atoms with Crippen LogP contribution in [0.15, 0.2) is 0 Å². The van der Waals surface area contributed by atoms with Gasteiger partial charge < -0.3 is 9.84 Å². The number of aliphatic hydroxyl groups excluding tert-OH is 1. The molecule has 1 N–H and O–H groups in total. The minimum Gasteiger partial charge on any atom is -0.457 e. The minimum atomic E-state index is -0.685. The Morgan fingerprint density at radius 2 is 2.30 bits per heavy atom. The molecule has 0 aromatic carbocycles. The van der Waals surface area contributed by atoms with Crippen molar-refractivity contribution in [1.82, 2.24) is 0 Å². The second-order valence-electron chi connectivity index (χ2n) is 3.13. The SMILES string of the molecule is CC1(C)OC(=O)CCC1O. The van der Waals surface area contributed by atoms with Crippen molar-refractivity contribution in [2.75, 3.05) is 0 Å². The quantitative estimate of drug-likeness (QED) is 0.502. The van der Waals surface area contributed by atoms with Crippen molar-refractivity contribution in [2.24, 2.45) is 0 Å². The number of cyclic esters (lactones) is 1. The van der Waals surface area contributed by atoms with Gasteiger partial charge in [0.1, 0.15) is 5.60 Å². The normalized spacial score (nSPS) is 31.5. The Kier molecular flexibility index (Phi) is 1.68. The first-order chi connectivity index (χ1) is 4.52. The van der Waals surface area contributed by atoms with Crippen LogP contribution < -0.4 is 0 Å². The maximum atomic E-state index is 10.7. The summed E-state index contributed by atoms with van der Waals surface area (Å²) >= 11 is 0. The highest BCUT2D eigenvalue weighted by Crippen LogP contribution is 2.24. The molecule has 1 aliphatic rings. The first-order valence-electron chi connectivity index (χ1n) is 3.42. The molecule has 10 heavy (non-hydrogen) atoms. The Labute approximate surface area is 60.0 Å². The van der Waals surface area contributed by atoms with Crippen molar-refractivity contribution < 1.29 is 14.6 Å². The van der Waals surface area contributed by atoms with Gasteiger partial charge in [0.25, 0.3) is 0 Å². The van der Waals surface area contributed by atoms with E-state index in [-0.39, 0.29) is 5.97 Å². The number of aliphatic hydroxyl groups is 1. The summed E-state index contributed by atoms with van der Waals surface area (Å²) in [5.74, 6) is -0.213. The summed E-state index contributed by atoms with van der Waals surface area (Å²) < 4.78 is 4.90. The molecule has 1 aliphatic heterocycles. The summed E-state index contributed by atoms with van der Waals surface area (Å²) in [5.41, 5.74) is -0.685. The highest BCUT2D eigenvalue weighted by Gasteiger charge is 2.36. The first-order valence-corrected chi connectivity index (χ1v) is 3.42. The van der Waals surface area contributed by atoms with Crippen LogP contribution in [0.25, 0.3) is 0 Å². The number of rotatable bonds is 0. The van der Waals surface area contributed by atoms with E-state index in [1.54, 1.807) is 13.8 Å². The number of hydrogen-bond donors (Lipinski definition) is 1. The fourth-order valence-electron chi connectivity index (χ4n) is 1.01. The Hall–Kier alpha value is -0.570. The number of carbonyl (C=O) groups is 1. The van der Waals surface area contributed by atoms with E-state index in [2.05, 4.69) is 0 Å². The Bertz CT molecular complexity index is 151. The summed E-state index contributed by atoms with van der Waals surface area (Å²) in [4.78, 5) is 10.7. The monoisotopic (exact) mass is 144 g/mol. The van der Waals surface area contributed by atoms with Crippen LogP contribution in [0, 0.1) is 0 Å². The summed E-state index contributed by atoms with van der Waals surface area (Å²) in [5, 5.41) is 9.28. The lowest BCUT2D eigenvalue weighted by molar-refractivity contribution is -0.179. The molecule has 0 bridgehead atoms. The van der Waals surface area contributed by atoms with Gasteiger partial charge in [-0.2, -0.15) is 0 Å². The molecule has 0 amide bonds. The number of hydrogen-bond acceptors (Lipinski definition) is 3. The predicted molar refractivity (Wildman–Crippen MR) is 35.4 cm³/mol. The molecular formula is C7H12O3. The molecule has 58 valence electrons. The fraction of sp³-hybridized carbons (Fsp3) is 0.857. The standard InChI is InChI=1S/C7H12O3/c1-7(2)5(8)3-4-6(9)10-7/h5,8H,3-4H2,1-2H3. The van der Waals surface area contributed by atoms with Gasteiger partial charge in [-0.3, -0.25) is 4.79 Å². The summed E-state index contributed by atoms with van der Waals surface area (Å²) in [7, 11) is 0. The van der Waals surface area contributed by atoms with Crippen LogP contribution >= 0.6 is 0 Å². The third-order valence-electron chi connectivity index (χ3n) is 1.80. The zero-order valence-corrected chi connectivity index (χ0v) is 6.26. The second-order valence-corrected chi connectivity index (χ2v) is 3.13. The first kappa shape index (κ1) is 7.54. The lowest BCUT2D eigenvalue weighted by Crippen LogP contribution is -2.44. The van der Waals surface area contributed by atoms with Crippen molar-refractivity contribution in [1.29, 1.82) is 0 Å².